The van der Waals surface area contributed by atoms with Gasteiger partial charge in [-0.1, -0.05) is 0 Å². The number of fused-ring (bicyclic) bond motifs is 8. The van der Waals surface area contributed by atoms with Gasteiger partial charge in [-0.3, -0.25) is 9.59 Å². The number of H-pyrrole nitrogens is 1. The van der Waals surface area contributed by atoms with E-state index in [2.05, 4.69) is 4.98 Å². The molecule has 5 heterocycles. The first-order chi connectivity index (χ1) is 18.1. The number of hydrogen-bond donors (Lipinski definition) is 3. The molecule has 0 saturated heterocycles. The van der Waals surface area contributed by atoms with Gasteiger partial charge in [0.1, 0.15) is 11.2 Å². The smallest absolute Gasteiger partial charge is 0.303 e. The Hall–Kier alpha value is -4.46. The van der Waals surface area contributed by atoms with Crippen LogP contribution in [0.15, 0.2) is 40.8 Å². The van der Waals surface area contributed by atoms with Gasteiger partial charge < -0.3 is 19.6 Å². The lowest BCUT2D eigenvalue weighted by Crippen LogP contribution is -1.98. The van der Waals surface area contributed by atoms with Crippen LogP contribution in [0.2, 0.25) is 0 Å². The number of aliphatic carboxylic acids is 2. The fourth-order valence-electron chi connectivity index (χ4n) is 4.96. The summed E-state index contributed by atoms with van der Waals surface area (Å²) in [6, 6.07) is 11.4. The maximum absolute atomic E-state index is 11.4. The lowest BCUT2D eigenvalue weighted by molar-refractivity contribution is -0.137. The van der Waals surface area contributed by atoms with E-state index in [1.165, 1.54) is 0 Å². The summed E-state index contributed by atoms with van der Waals surface area (Å²) in [4.78, 5) is 36.0. The van der Waals surface area contributed by atoms with Crippen LogP contribution in [0.5, 0.6) is 0 Å². The molecule has 194 valence electrons. The van der Waals surface area contributed by atoms with Gasteiger partial charge in [0.05, 0.1) is 22.8 Å². The Morgan fingerprint density at radius 2 is 1.26 bits per heavy atom. The highest BCUT2D eigenvalue weighted by molar-refractivity contribution is 5.94. The fraction of sp³-hybridized carbons (Fsp3) is 0.267. The average molecular weight is 512 g/mol. The van der Waals surface area contributed by atoms with E-state index in [4.69, 9.17) is 14.4 Å². The first kappa shape index (κ1) is 25.2. The zero-order valence-electron chi connectivity index (χ0n) is 21.8. The summed E-state index contributed by atoms with van der Waals surface area (Å²) in [5.41, 5.74) is 11.6. The van der Waals surface area contributed by atoms with Gasteiger partial charge in [-0.15, -0.1) is 0 Å². The van der Waals surface area contributed by atoms with Crippen LogP contribution >= 0.6 is 0 Å². The number of aromatic nitrogens is 3. The maximum atomic E-state index is 11.4. The Balaban J connectivity index is 1.86. The highest BCUT2D eigenvalue weighted by Gasteiger charge is 2.20. The molecule has 0 unspecified atom stereocenters. The molecule has 38 heavy (non-hydrogen) atoms. The molecule has 0 radical (unpaired) electrons. The maximum Gasteiger partial charge on any atom is 0.303 e. The quantitative estimate of drug-likeness (QED) is 0.338. The van der Waals surface area contributed by atoms with Crippen LogP contribution in [0, 0.1) is 6.92 Å². The van der Waals surface area contributed by atoms with Crippen LogP contribution in [0.3, 0.4) is 0 Å². The van der Waals surface area contributed by atoms with E-state index in [0.717, 1.165) is 55.8 Å². The molecule has 0 saturated carbocycles. The van der Waals surface area contributed by atoms with Crippen molar-refractivity contribution in [1.29, 1.82) is 0 Å². The lowest BCUT2D eigenvalue weighted by Gasteiger charge is -2.03. The van der Waals surface area contributed by atoms with Gasteiger partial charge in [0.25, 0.3) is 0 Å². The topological polar surface area (TPSA) is 129 Å². The monoisotopic (exact) mass is 511 g/mol. The molecule has 2 aliphatic heterocycles. The first-order valence-electron chi connectivity index (χ1n) is 12.5. The Kier molecular flexibility index (Phi) is 6.48. The molecule has 0 spiro atoms. The molecule has 5 rings (SSSR count). The highest BCUT2D eigenvalue weighted by Crippen LogP contribution is 2.35. The van der Waals surface area contributed by atoms with Crippen molar-refractivity contribution in [3.8, 4) is 0 Å². The molecule has 0 fully saturated rings. The molecule has 8 heteroatoms. The second kappa shape index (κ2) is 9.78. The Morgan fingerprint density at radius 1 is 0.737 bits per heavy atom. The molecule has 3 aromatic rings. The second-order valence-corrected chi connectivity index (χ2v) is 9.78. The third kappa shape index (κ3) is 4.77. The van der Waals surface area contributed by atoms with E-state index in [9.17, 15) is 19.8 Å². The van der Waals surface area contributed by atoms with Crippen LogP contribution < -0.4 is 0 Å². The third-order valence-electron chi connectivity index (χ3n) is 7.36. The minimum absolute atomic E-state index is 0.0101. The number of hydrogen-bond acceptors (Lipinski definition) is 5. The van der Waals surface area contributed by atoms with E-state index in [-0.39, 0.29) is 12.8 Å². The van der Waals surface area contributed by atoms with E-state index in [1.54, 1.807) is 0 Å². The standard InChI is InChI=1S/C30H29N3O5/c1-15-16(2)25-13-26-18(4)22(8-10-30(36)37)28(33-26)14-27-21(7-9-29(34)35)17(3)24(32-27)12-20-6-5-19(38-20)11-23(15)31-25/h5-6,11-14,33H,7-10H2,1-4H3,(H,34,35)(H,36,37). The zero-order valence-corrected chi connectivity index (χ0v) is 21.8. The van der Waals surface area contributed by atoms with Gasteiger partial charge >= 0.3 is 11.9 Å². The van der Waals surface area contributed by atoms with Crippen molar-refractivity contribution >= 4 is 56.4 Å². The second-order valence-electron chi connectivity index (χ2n) is 9.78. The molecular weight excluding hydrogens is 482 g/mol. The summed E-state index contributed by atoms with van der Waals surface area (Å²) in [6.45, 7) is 7.97. The van der Waals surface area contributed by atoms with E-state index in [0.29, 0.717) is 35.4 Å². The molecule has 0 atom stereocenters. The van der Waals surface area contributed by atoms with Crippen molar-refractivity contribution < 1.29 is 24.2 Å². The number of nitrogens with zero attached hydrogens (tertiary/aromatic N) is 2. The van der Waals surface area contributed by atoms with E-state index in [1.807, 2.05) is 64.1 Å². The molecule has 0 amide bonds. The highest BCUT2D eigenvalue weighted by atomic mass is 16.4. The van der Waals surface area contributed by atoms with Gasteiger partial charge in [0.2, 0.25) is 0 Å². The summed E-state index contributed by atoms with van der Waals surface area (Å²) in [5.74, 6) is -1.75. The minimum Gasteiger partial charge on any atom is -0.481 e. The normalized spacial score (nSPS) is 13.4. The molecule has 3 N–H and O–H groups in total. The molecular formula is C30H29N3O5. The number of nitrogens with one attached hydrogen (secondary N) is 1. The summed E-state index contributed by atoms with van der Waals surface area (Å²) in [7, 11) is 0. The predicted octanol–water partition coefficient (Wildman–Crippen LogP) is 6.65. The van der Waals surface area contributed by atoms with Crippen LogP contribution in [-0.2, 0) is 16.0 Å². The van der Waals surface area contributed by atoms with Crippen molar-refractivity contribution in [2.24, 2.45) is 0 Å². The van der Waals surface area contributed by atoms with Gasteiger partial charge in [0.15, 0.2) is 0 Å². The van der Waals surface area contributed by atoms with Crippen LogP contribution in [0.25, 0.3) is 44.5 Å². The summed E-state index contributed by atoms with van der Waals surface area (Å²) in [5, 5.41) is 18.7. The number of carboxylic acids is 2. The van der Waals surface area contributed by atoms with Gasteiger partial charge in [-0.05, 0) is 98.2 Å². The van der Waals surface area contributed by atoms with Gasteiger partial charge in [-0.2, -0.15) is 0 Å². The van der Waals surface area contributed by atoms with Crippen LogP contribution in [-0.4, -0.2) is 37.1 Å². The van der Waals surface area contributed by atoms with Crippen molar-refractivity contribution in [3.05, 3.63) is 70.3 Å². The fourth-order valence-corrected chi connectivity index (χ4v) is 4.96. The number of rotatable bonds is 6. The first-order valence-corrected chi connectivity index (χ1v) is 12.5. The molecule has 8 bridgehead atoms. The molecule has 2 aliphatic rings. The molecule has 0 aliphatic carbocycles. The Bertz CT molecular complexity index is 1720. The van der Waals surface area contributed by atoms with Crippen molar-refractivity contribution in [1.82, 2.24) is 15.0 Å². The van der Waals surface area contributed by atoms with Crippen molar-refractivity contribution in [2.45, 2.75) is 53.4 Å². The van der Waals surface area contributed by atoms with Crippen molar-refractivity contribution in [2.75, 3.05) is 0 Å². The number of carbonyl (C=O) groups is 2. The third-order valence-corrected chi connectivity index (χ3v) is 7.36. The Labute approximate surface area is 219 Å². The van der Waals surface area contributed by atoms with Gasteiger partial charge in [0, 0.05) is 36.0 Å². The average Bonchev–Trinajstić information content (AvgIpc) is 3.56. The largest absolute Gasteiger partial charge is 0.481 e. The van der Waals surface area contributed by atoms with Crippen molar-refractivity contribution in [3.63, 3.8) is 0 Å². The minimum atomic E-state index is -0.881. The summed E-state index contributed by atoms with van der Waals surface area (Å²) < 4.78 is 6.06. The molecule has 0 aromatic carbocycles. The van der Waals surface area contributed by atoms with Crippen LogP contribution in [0.1, 0.15) is 73.9 Å². The number of aryl methyl sites for hydroxylation is 2. The van der Waals surface area contributed by atoms with Gasteiger partial charge in [-0.25, -0.2) is 9.97 Å². The number of aromatic amines is 1. The number of carboxylic acid groups (broad SMARTS) is 2. The number of allylic oxidation sites excluding steroid dienone is 4. The SMILES string of the molecule is CC1=C(C)c2cc3[nH]c(cc4nc(cc5ccc(cc1n2)o5)C(C)=C4CCC(=O)O)c(CCC(=O)O)c3C. The Morgan fingerprint density at radius 3 is 1.89 bits per heavy atom. The van der Waals surface area contributed by atoms with Crippen LogP contribution in [0.4, 0.5) is 0 Å². The summed E-state index contributed by atoms with van der Waals surface area (Å²) in [6.07, 6.45) is 0.641. The molecule has 3 aromatic heterocycles. The van der Waals surface area contributed by atoms with E-state index >= 15 is 0 Å². The molecule has 8 nitrogen and oxygen atoms in total. The predicted molar refractivity (Wildman–Crippen MR) is 147 cm³/mol. The lowest BCUT2D eigenvalue weighted by atomic mass is 10.0. The van der Waals surface area contributed by atoms with E-state index < -0.39 is 11.9 Å². The number of furan rings is 1. The zero-order chi connectivity index (χ0) is 27.1. The summed E-state index contributed by atoms with van der Waals surface area (Å²) >= 11 is 0.